The molecule has 7 heteroatoms. The first-order valence-electron chi connectivity index (χ1n) is 7.71. The number of anilines is 1. The maximum atomic E-state index is 12.3. The summed E-state index contributed by atoms with van der Waals surface area (Å²) in [7, 11) is 0. The van der Waals surface area contributed by atoms with Crippen LogP contribution in [0.2, 0.25) is 0 Å². The fraction of sp³-hybridized carbons (Fsp3) is 0.167. The van der Waals surface area contributed by atoms with E-state index in [2.05, 4.69) is 15.6 Å². The Morgan fingerprint density at radius 2 is 2.00 bits per heavy atom. The zero-order chi connectivity index (χ0) is 17.8. The van der Waals surface area contributed by atoms with E-state index in [9.17, 15) is 9.59 Å². The predicted octanol–water partition coefficient (Wildman–Crippen LogP) is 3.94. The lowest BCUT2D eigenvalue weighted by molar-refractivity contribution is -0.117. The number of benzene rings is 1. The highest BCUT2D eigenvalue weighted by Gasteiger charge is 2.18. The molecule has 5 nitrogen and oxygen atoms in total. The van der Waals surface area contributed by atoms with Crippen LogP contribution in [-0.4, -0.2) is 22.8 Å². The number of aromatic nitrogens is 1. The lowest BCUT2D eigenvalue weighted by Crippen LogP contribution is -2.41. The second-order valence-electron chi connectivity index (χ2n) is 5.57. The summed E-state index contributed by atoms with van der Waals surface area (Å²) in [5.74, 6) is -0.571. The summed E-state index contributed by atoms with van der Waals surface area (Å²) < 4.78 is 0. The molecule has 2 heterocycles. The van der Waals surface area contributed by atoms with E-state index >= 15 is 0 Å². The maximum Gasteiger partial charge on any atom is 0.251 e. The molecule has 25 heavy (non-hydrogen) atoms. The minimum Gasteiger partial charge on any atom is -0.341 e. The fourth-order valence-electron chi connectivity index (χ4n) is 2.21. The van der Waals surface area contributed by atoms with Crippen molar-refractivity contribution in [1.82, 2.24) is 10.3 Å². The first-order chi connectivity index (χ1) is 12.0. The summed E-state index contributed by atoms with van der Waals surface area (Å²) in [4.78, 5) is 30.0. The first-order valence-corrected chi connectivity index (χ1v) is 9.46. The highest BCUT2D eigenvalue weighted by molar-refractivity contribution is 7.16. The van der Waals surface area contributed by atoms with E-state index in [1.807, 2.05) is 41.9 Å². The summed E-state index contributed by atoms with van der Waals surface area (Å²) in [6, 6.07) is 10.5. The van der Waals surface area contributed by atoms with Crippen LogP contribution in [0.25, 0.3) is 10.6 Å². The molecule has 1 aromatic carbocycles. The molecular weight excluding hydrogens is 354 g/mol. The minimum atomic E-state index is -0.665. The third-order valence-corrected chi connectivity index (χ3v) is 5.18. The molecule has 3 aromatic rings. The molecule has 3 rings (SSSR count). The monoisotopic (exact) mass is 371 g/mol. The highest BCUT2D eigenvalue weighted by Crippen LogP contribution is 2.28. The summed E-state index contributed by atoms with van der Waals surface area (Å²) in [6.07, 6.45) is 0. The van der Waals surface area contributed by atoms with E-state index in [-0.39, 0.29) is 11.8 Å². The Labute approximate surface area is 153 Å². The maximum absolute atomic E-state index is 12.3. The molecule has 2 aromatic heterocycles. The third-order valence-electron chi connectivity index (χ3n) is 3.53. The van der Waals surface area contributed by atoms with Crippen molar-refractivity contribution in [3.63, 3.8) is 0 Å². The van der Waals surface area contributed by atoms with Gasteiger partial charge >= 0.3 is 0 Å². The standard InChI is InChI=1S/C18H17N3O2S2/c1-11-5-3-6-13(9-11)17(23)19-12(2)16(22)21-18-20-14(10-25-18)15-7-4-8-24-15/h3-10,12H,1-2H3,(H,19,23)(H,20,21,22). The zero-order valence-corrected chi connectivity index (χ0v) is 15.4. The van der Waals surface area contributed by atoms with Crippen LogP contribution in [0.1, 0.15) is 22.8 Å². The SMILES string of the molecule is Cc1cccc(C(=O)NC(C)C(=O)Nc2nc(-c3cccs3)cs2)c1. The molecular formula is C18H17N3O2S2. The number of carbonyl (C=O) groups is 2. The Morgan fingerprint density at radius 1 is 1.16 bits per heavy atom. The van der Waals surface area contributed by atoms with E-state index in [1.54, 1.807) is 30.4 Å². The molecule has 1 atom stereocenters. The van der Waals surface area contributed by atoms with Crippen molar-refractivity contribution in [2.45, 2.75) is 19.9 Å². The van der Waals surface area contributed by atoms with Crippen LogP contribution in [-0.2, 0) is 4.79 Å². The normalized spacial score (nSPS) is 11.8. The second-order valence-corrected chi connectivity index (χ2v) is 7.37. The number of nitrogens with zero attached hydrogens (tertiary/aromatic N) is 1. The largest absolute Gasteiger partial charge is 0.341 e. The average molecular weight is 371 g/mol. The van der Waals surface area contributed by atoms with Crippen molar-refractivity contribution >= 4 is 39.6 Å². The van der Waals surface area contributed by atoms with Gasteiger partial charge in [-0.05, 0) is 37.4 Å². The van der Waals surface area contributed by atoms with Crippen LogP contribution in [0.15, 0.2) is 47.2 Å². The van der Waals surface area contributed by atoms with Crippen LogP contribution >= 0.6 is 22.7 Å². The topological polar surface area (TPSA) is 71.1 Å². The van der Waals surface area contributed by atoms with Crippen molar-refractivity contribution in [3.05, 3.63) is 58.3 Å². The van der Waals surface area contributed by atoms with Gasteiger partial charge in [0.1, 0.15) is 6.04 Å². The van der Waals surface area contributed by atoms with Crippen LogP contribution in [0, 0.1) is 6.92 Å². The van der Waals surface area contributed by atoms with E-state index in [1.165, 1.54) is 11.3 Å². The van der Waals surface area contributed by atoms with Gasteiger partial charge in [0.25, 0.3) is 5.91 Å². The molecule has 1 unspecified atom stereocenters. The molecule has 0 saturated carbocycles. The minimum absolute atomic E-state index is 0.273. The van der Waals surface area contributed by atoms with Gasteiger partial charge in [-0.3, -0.25) is 9.59 Å². The number of hydrogen-bond acceptors (Lipinski definition) is 5. The number of nitrogens with one attached hydrogen (secondary N) is 2. The van der Waals surface area contributed by atoms with Crippen molar-refractivity contribution in [1.29, 1.82) is 0 Å². The van der Waals surface area contributed by atoms with Crippen LogP contribution in [0.3, 0.4) is 0 Å². The lowest BCUT2D eigenvalue weighted by atomic mass is 10.1. The van der Waals surface area contributed by atoms with Gasteiger partial charge in [-0.1, -0.05) is 23.8 Å². The highest BCUT2D eigenvalue weighted by atomic mass is 32.1. The molecule has 128 valence electrons. The number of amides is 2. The van der Waals surface area contributed by atoms with Crippen LogP contribution in [0.5, 0.6) is 0 Å². The van der Waals surface area contributed by atoms with Gasteiger partial charge in [-0.15, -0.1) is 22.7 Å². The Balaban J connectivity index is 1.60. The van der Waals surface area contributed by atoms with Crippen LogP contribution < -0.4 is 10.6 Å². The van der Waals surface area contributed by atoms with E-state index in [0.717, 1.165) is 16.1 Å². The number of hydrogen-bond donors (Lipinski definition) is 2. The molecule has 0 bridgehead atoms. The number of carbonyl (C=O) groups excluding carboxylic acids is 2. The number of thiazole rings is 1. The fourth-order valence-corrected chi connectivity index (χ4v) is 3.69. The Morgan fingerprint density at radius 3 is 2.72 bits per heavy atom. The Hall–Kier alpha value is -2.51. The zero-order valence-electron chi connectivity index (χ0n) is 13.8. The quantitative estimate of drug-likeness (QED) is 0.714. The number of aryl methyl sites for hydroxylation is 1. The summed E-state index contributed by atoms with van der Waals surface area (Å²) in [6.45, 7) is 3.57. The van der Waals surface area contributed by atoms with Gasteiger partial charge in [0, 0.05) is 10.9 Å². The average Bonchev–Trinajstić information content (AvgIpc) is 3.25. The predicted molar refractivity (Wildman–Crippen MR) is 102 cm³/mol. The third kappa shape index (κ3) is 4.32. The summed E-state index contributed by atoms with van der Waals surface area (Å²) >= 11 is 2.96. The molecule has 0 radical (unpaired) electrons. The lowest BCUT2D eigenvalue weighted by Gasteiger charge is -2.13. The van der Waals surface area contributed by atoms with E-state index in [4.69, 9.17) is 0 Å². The summed E-state index contributed by atoms with van der Waals surface area (Å²) in [5.41, 5.74) is 2.37. The smallest absolute Gasteiger partial charge is 0.251 e. The first kappa shape index (κ1) is 17.3. The van der Waals surface area contributed by atoms with Gasteiger partial charge in [0.05, 0.1) is 10.6 Å². The number of rotatable bonds is 5. The van der Waals surface area contributed by atoms with Gasteiger partial charge in [0.15, 0.2) is 5.13 Å². The van der Waals surface area contributed by atoms with Crippen molar-refractivity contribution in [3.8, 4) is 10.6 Å². The molecule has 0 spiro atoms. The molecule has 2 amide bonds. The van der Waals surface area contributed by atoms with Gasteiger partial charge in [-0.25, -0.2) is 4.98 Å². The Kier molecular flexibility index (Phi) is 5.25. The Bertz CT molecular complexity index is 887. The summed E-state index contributed by atoms with van der Waals surface area (Å²) in [5, 5.41) is 9.86. The van der Waals surface area contributed by atoms with Crippen LogP contribution in [0.4, 0.5) is 5.13 Å². The van der Waals surface area contributed by atoms with Crippen molar-refractivity contribution < 1.29 is 9.59 Å². The molecule has 0 aliphatic heterocycles. The molecule has 0 aliphatic carbocycles. The van der Waals surface area contributed by atoms with Gasteiger partial charge in [-0.2, -0.15) is 0 Å². The van der Waals surface area contributed by atoms with Crippen molar-refractivity contribution in [2.24, 2.45) is 0 Å². The van der Waals surface area contributed by atoms with E-state index < -0.39 is 6.04 Å². The molecule has 2 N–H and O–H groups in total. The van der Waals surface area contributed by atoms with Crippen molar-refractivity contribution in [2.75, 3.05) is 5.32 Å². The number of thiophene rings is 1. The molecule has 0 fully saturated rings. The van der Waals surface area contributed by atoms with E-state index in [0.29, 0.717) is 10.7 Å². The molecule has 0 aliphatic rings. The van der Waals surface area contributed by atoms with Gasteiger partial charge < -0.3 is 10.6 Å². The second kappa shape index (κ2) is 7.58. The molecule has 0 saturated heterocycles. The van der Waals surface area contributed by atoms with Gasteiger partial charge in [0.2, 0.25) is 5.91 Å².